The molecule has 1 saturated heterocycles. The van der Waals surface area contributed by atoms with Gasteiger partial charge in [-0.15, -0.1) is 0 Å². The van der Waals surface area contributed by atoms with Crippen LogP contribution in [0.4, 0.5) is 0 Å². The lowest BCUT2D eigenvalue weighted by Crippen LogP contribution is -2.20. The van der Waals surface area contributed by atoms with E-state index in [4.69, 9.17) is 4.74 Å². The molecular formula is C18H18O6. The fourth-order valence-corrected chi connectivity index (χ4v) is 3.00. The van der Waals surface area contributed by atoms with Crippen molar-refractivity contribution in [2.45, 2.75) is 12.8 Å². The van der Waals surface area contributed by atoms with Gasteiger partial charge in [0.1, 0.15) is 0 Å². The number of esters is 1. The van der Waals surface area contributed by atoms with Gasteiger partial charge in [-0.05, 0) is 48.2 Å². The van der Waals surface area contributed by atoms with Crippen molar-refractivity contribution >= 4 is 5.97 Å². The van der Waals surface area contributed by atoms with E-state index in [-0.39, 0.29) is 47.4 Å². The van der Waals surface area contributed by atoms with Crippen LogP contribution >= 0.6 is 0 Å². The molecule has 6 nitrogen and oxygen atoms in total. The van der Waals surface area contributed by atoms with Gasteiger partial charge in [-0.1, -0.05) is 12.1 Å². The monoisotopic (exact) mass is 330 g/mol. The van der Waals surface area contributed by atoms with Gasteiger partial charge in [0.05, 0.1) is 12.5 Å². The number of benzene rings is 2. The first-order chi connectivity index (χ1) is 11.4. The molecule has 0 spiro atoms. The second-order valence-electron chi connectivity index (χ2n) is 6.05. The Balaban J connectivity index is 1.76. The Kier molecular flexibility index (Phi) is 4.20. The topological polar surface area (TPSA) is 107 Å². The van der Waals surface area contributed by atoms with Crippen LogP contribution < -0.4 is 0 Å². The lowest BCUT2D eigenvalue weighted by atomic mass is 9.85. The van der Waals surface area contributed by atoms with Crippen LogP contribution in [0.5, 0.6) is 23.0 Å². The van der Waals surface area contributed by atoms with Crippen LogP contribution in [0.3, 0.4) is 0 Å². The van der Waals surface area contributed by atoms with Crippen molar-refractivity contribution in [3.05, 3.63) is 47.5 Å². The van der Waals surface area contributed by atoms with Gasteiger partial charge in [0.2, 0.25) is 0 Å². The maximum Gasteiger partial charge on any atom is 0.309 e. The van der Waals surface area contributed by atoms with Crippen LogP contribution in [0.1, 0.15) is 11.1 Å². The molecule has 1 aliphatic rings. The van der Waals surface area contributed by atoms with Crippen molar-refractivity contribution in [1.29, 1.82) is 0 Å². The first-order valence-electron chi connectivity index (χ1n) is 7.62. The van der Waals surface area contributed by atoms with E-state index in [1.165, 1.54) is 24.3 Å². The molecule has 0 aromatic heterocycles. The second-order valence-corrected chi connectivity index (χ2v) is 6.05. The van der Waals surface area contributed by atoms with E-state index in [2.05, 4.69) is 0 Å². The molecule has 4 N–H and O–H groups in total. The number of ether oxygens (including phenoxy) is 1. The Bertz CT molecular complexity index is 770. The number of hydrogen-bond acceptors (Lipinski definition) is 6. The predicted octanol–water partition coefficient (Wildman–Crippen LogP) is 2.08. The predicted molar refractivity (Wildman–Crippen MR) is 84.9 cm³/mol. The number of cyclic esters (lactones) is 1. The molecule has 0 amide bonds. The van der Waals surface area contributed by atoms with Gasteiger partial charge in [0.25, 0.3) is 0 Å². The summed E-state index contributed by atoms with van der Waals surface area (Å²) >= 11 is 0. The Hall–Kier alpha value is -2.89. The van der Waals surface area contributed by atoms with E-state index in [1.54, 1.807) is 12.1 Å². The minimum Gasteiger partial charge on any atom is -0.504 e. The molecule has 2 atom stereocenters. The third kappa shape index (κ3) is 3.22. The summed E-state index contributed by atoms with van der Waals surface area (Å²) in [6.07, 6.45) is 0.912. The number of carbonyl (C=O) groups is 1. The number of rotatable bonds is 4. The second kappa shape index (κ2) is 6.31. The van der Waals surface area contributed by atoms with E-state index >= 15 is 0 Å². The molecule has 0 saturated carbocycles. The molecule has 126 valence electrons. The molecule has 2 aromatic carbocycles. The van der Waals surface area contributed by atoms with E-state index in [0.29, 0.717) is 12.8 Å². The summed E-state index contributed by atoms with van der Waals surface area (Å²) in [6, 6.07) is 9.06. The van der Waals surface area contributed by atoms with Crippen molar-refractivity contribution in [3.8, 4) is 23.0 Å². The summed E-state index contributed by atoms with van der Waals surface area (Å²) in [5, 5.41) is 37.9. The Morgan fingerprint density at radius 1 is 0.833 bits per heavy atom. The molecule has 2 aromatic rings. The Morgan fingerprint density at radius 2 is 1.38 bits per heavy atom. The van der Waals surface area contributed by atoms with Gasteiger partial charge in [-0.25, -0.2) is 0 Å². The van der Waals surface area contributed by atoms with Gasteiger partial charge in [0.15, 0.2) is 23.0 Å². The number of phenols is 4. The molecule has 1 heterocycles. The zero-order chi connectivity index (χ0) is 17.3. The number of carbonyl (C=O) groups excluding carboxylic acids is 1. The Labute approximate surface area is 138 Å². The fraction of sp³-hybridized carbons (Fsp3) is 0.278. The van der Waals surface area contributed by atoms with Gasteiger partial charge in [0, 0.05) is 5.92 Å². The molecule has 1 unspecified atom stereocenters. The van der Waals surface area contributed by atoms with Crippen molar-refractivity contribution in [1.82, 2.24) is 0 Å². The van der Waals surface area contributed by atoms with Crippen LogP contribution in [0.15, 0.2) is 36.4 Å². The summed E-state index contributed by atoms with van der Waals surface area (Å²) in [4.78, 5) is 12.0. The molecule has 1 aliphatic heterocycles. The highest BCUT2D eigenvalue weighted by Crippen LogP contribution is 2.33. The average molecular weight is 330 g/mol. The van der Waals surface area contributed by atoms with Crippen LogP contribution in [0.2, 0.25) is 0 Å². The molecule has 1 fully saturated rings. The SMILES string of the molecule is O=C1OCC(Cc2ccc(O)c(O)c2)[C@H]1Cc1ccc(O)c(O)c1. The maximum absolute atomic E-state index is 12.0. The molecule has 0 bridgehead atoms. The first kappa shape index (κ1) is 16.0. The van der Waals surface area contributed by atoms with E-state index in [0.717, 1.165) is 11.1 Å². The molecule has 3 rings (SSSR count). The zero-order valence-corrected chi connectivity index (χ0v) is 12.8. The summed E-state index contributed by atoms with van der Waals surface area (Å²) in [6.45, 7) is 0.287. The third-order valence-electron chi connectivity index (χ3n) is 4.34. The van der Waals surface area contributed by atoms with Gasteiger partial charge in [-0.2, -0.15) is 0 Å². The summed E-state index contributed by atoms with van der Waals surface area (Å²) < 4.78 is 5.17. The van der Waals surface area contributed by atoms with E-state index < -0.39 is 0 Å². The quantitative estimate of drug-likeness (QED) is 0.505. The summed E-state index contributed by atoms with van der Waals surface area (Å²) in [5.74, 6) is -1.55. The number of aromatic hydroxyl groups is 4. The van der Waals surface area contributed by atoms with Crippen molar-refractivity contribution in [3.63, 3.8) is 0 Å². The number of hydrogen-bond donors (Lipinski definition) is 4. The standard InChI is InChI=1S/C18H18O6/c19-14-3-1-10(7-16(14)21)5-12-9-24-18(23)13(12)6-11-2-4-15(20)17(22)8-11/h1-4,7-8,12-13,19-22H,5-6,9H2/t12?,13-/m1/s1. The zero-order valence-electron chi connectivity index (χ0n) is 12.8. The molecular weight excluding hydrogens is 312 g/mol. The highest BCUT2D eigenvalue weighted by atomic mass is 16.5. The molecule has 0 radical (unpaired) electrons. The van der Waals surface area contributed by atoms with Crippen molar-refractivity contribution < 1.29 is 30.0 Å². The average Bonchev–Trinajstić information content (AvgIpc) is 2.87. The van der Waals surface area contributed by atoms with Crippen molar-refractivity contribution in [2.75, 3.05) is 6.61 Å². The van der Waals surface area contributed by atoms with Gasteiger partial charge in [-0.3, -0.25) is 4.79 Å². The smallest absolute Gasteiger partial charge is 0.309 e. The lowest BCUT2D eigenvalue weighted by molar-refractivity contribution is -0.141. The van der Waals surface area contributed by atoms with Crippen molar-refractivity contribution in [2.24, 2.45) is 11.8 Å². The largest absolute Gasteiger partial charge is 0.504 e. The van der Waals surface area contributed by atoms with Crippen LogP contribution in [0.25, 0.3) is 0 Å². The van der Waals surface area contributed by atoms with Crippen LogP contribution in [-0.2, 0) is 22.4 Å². The maximum atomic E-state index is 12.0. The van der Waals surface area contributed by atoms with E-state index in [9.17, 15) is 25.2 Å². The van der Waals surface area contributed by atoms with Gasteiger partial charge < -0.3 is 25.2 Å². The summed E-state index contributed by atoms with van der Waals surface area (Å²) in [5.41, 5.74) is 1.53. The van der Waals surface area contributed by atoms with Crippen LogP contribution in [0, 0.1) is 11.8 Å². The fourth-order valence-electron chi connectivity index (χ4n) is 3.00. The minimum atomic E-state index is -0.370. The Morgan fingerprint density at radius 3 is 1.92 bits per heavy atom. The normalized spacial score (nSPS) is 20.1. The highest BCUT2D eigenvalue weighted by molar-refractivity contribution is 5.75. The highest BCUT2D eigenvalue weighted by Gasteiger charge is 2.36. The molecule has 0 aliphatic carbocycles. The molecule has 6 heteroatoms. The first-order valence-corrected chi connectivity index (χ1v) is 7.62. The summed E-state index contributed by atoms with van der Waals surface area (Å²) in [7, 11) is 0. The van der Waals surface area contributed by atoms with Gasteiger partial charge >= 0.3 is 5.97 Å². The van der Waals surface area contributed by atoms with Crippen LogP contribution in [-0.4, -0.2) is 33.0 Å². The third-order valence-corrected chi connectivity index (χ3v) is 4.34. The minimum absolute atomic E-state index is 0.0719. The number of phenolic OH excluding ortho intramolecular Hbond substituents is 4. The molecule has 24 heavy (non-hydrogen) atoms. The lowest BCUT2D eigenvalue weighted by Gasteiger charge is -2.16. The van der Waals surface area contributed by atoms with E-state index in [1.807, 2.05) is 0 Å².